The molecule has 316 valence electrons. The number of benzene rings is 1. The molecule has 1 aromatic rings. The van der Waals surface area contributed by atoms with Crippen LogP contribution in [0.2, 0.25) is 0 Å². The Balaban J connectivity index is 1.82. The predicted octanol–water partition coefficient (Wildman–Crippen LogP) is 4.00. The smallest absolute Gasteiger partial charge is 0.312 e. The number of ketones is 1. The van der Waals surface area contributed by atoms with Crippen LogP contribution >= 0.6 is 0 Å². The number of methoxy groups -OCH3 is 1. The number of cyclic esters (lactones) is 1. The molecule has 0 unspecified atom stereocenters. The molecule has 3 aliphatic rings. The summed E-state index contributed by atoms with van der Waals surface area (Å²) in [6, 6.07) is 5.46. The molecule has 0 aromatic heterocycles. The van der Waals surface area contributed by atoms with E-state index in [1.54, 1.807) is 33.8 Å². The number of carbonyl (C=O) groups excluding carboxylic acids is 3. The Morgan fingerprint density at radius 2 is 1.71 bits per heavy atom. The number of rotatable bonds is 11. The van der Waals surface area contributed by atoms with Crippen LogP contribution in [0.15, 0.2) is 24.3 Å². The van der Waals surface area contributed by atoms with Gasteiger partial charge in [0.25, 0.3) is 5.69 Å². The third-order valence-corrected chi connectivity index (χ3v) is 12.4. The van der Waals surface area contributed by atoms with Crippen LogP contribution in [0.3, 0.4) is 0 Å². The normalized spacial score (nSPS) is 39.1. The minimum atomic E-state index is -2.04. The molecule has 4 rings (SSSR count). The number of nitro groups is 1. The van der Waals surface area contributed by atoms with E-state index in [0.717, 1.165) is 19.4 Å². The van der Waals surface area contributed by atoms with Crippen LogP contribution in [0.4, 0.5) is 5.69 Å². The van der Waals surface area contributed by atoms with Crippen molar-refractivity contribution in [2.24, 2.45) is 29.6 Å². The lowest BCUT2D eigenvalue weighted by Gasteiger charge is -2.48. The topological polar surface area (TPSA) is 204 Å². The maximum atomic E-state index is 14.1. The minimum Gasteiger partial charge on any atom is -0.461 e. The Hall–Kier alpha value is -3.05. The summed E-state index contributed by atoms with van der Waals surface area (Å²) in [5.74, 6) is -5.55. The van der Waals surface area contributed by atoms with Crippen molar-refractivity contribution < 1.29 is 58.3 Å². The number of hydrogen-bond donors (Lipinski definition) is 3. The average Bonchev–Trinajstić information content (AvgIpc) is 3.97. The van der Waals surface area contributed by atoms with E-state index in [2.05, 4.69) is 4.90 Å². The first kappa shape index (κ1) is 45.6. The van der Waals surface area contributed by atoms with Crippen LogP contribution in [0, 0.1) is 39.7 Å². The van der Waals surface area contributed by atoms with Gasteiger partial charge in [-0.3, -0.25) is 24.5 Å². The van der Waals surface area contributed by atoms with Crippen molar-refractivity contribution in [1.29, 1.82) is 0 Å². The Morgan fingerprint density at radius 3 is 2.30 bits per heavy atom. The predicted molar refractivity (Wildman–Crippen MR) is 204 cm³/mol. The van der Waals surface area contributed by atoms with E-state index in [1.807, 2.05) is 14.0 Å². The molecule has 0 radical (unpaired) electrons. The quantitative estimate of drug-likeness (QED) is 0.165. The van der Waals surface area contributed by atoms with E-state index in [-0.39, 0.29) is 42.0 Å². The molecule has 1 aromatic carbocycles. The molecule has 1 aliphatic carbocycles. The summed E-state index contributed by atoms with van der Waals surface area (Å²) in [5.41, 5.74) is -3.59. The van der Waals surface area contributed by atoms with Crippen molar-refractivity contribution in [2.75, 3.05) is 20.7 Å². The SMILES string of the molecule is CC[C@H]1OC(=O)[C@H](C)[C@@H](OC(=O)Cc2ccccc2[N+](=O)[O-])[C@H](C)[C@@H](O[C@@H]2O[C@H](C)C[C@H](N(C)CC3CC3)[C@H]2O)[C@](C)(OC)C[C@@H](C)C(=O)[C@H](C)[C@@H](O)[C@]1(C)O. The summed E-state index contributed by atoms with van der Waals surface area (Å²) in [6.45, 7) is 13.8. The first-order valence-electron chi connectivity index (χ1n) is 20.0. The van der Waals surface area contributed by atoms with Crippen molar-refractivity contribution in [3.05, 3.63) is 39.9 Å². The van der Waals surface area contributed by atoms with Gasteiger partial charge < -0.3 is 43.9 Å². The highest BCUT2D eigenvalue weighted by molar-refractivity contribution is 5.83. The average molecular weight is 793 g/mol. The molecule has 15 heteroatoms. The van der Waals surface area contributed by atoms with Gasteiger partial charge in [-0.15, -0.1) is 0 Å². The van der Waals surface area contributed by atoms with Crippen LogP contribution in [-0.2, 0) is 44.5 Å². The van der Waals surface area contributed by atoms with Gasteiger partial charge in [0, 0.05) is 49.1 Å². The van der Waals surface area contributed by atoms with Crippen LogP contribution in [0.5, 0.6) is 0 Å². The van der Waals surface area contributed by atoms with Gasteiger partial charge in [-0.25, -0.2) is 0 Å². The molecule has 3 N–H and O–H groups in total. The third kappa shape index (κ3) is 10.3. The van der Waals surface area contributed by atoms with Crippen molar-refractivity contribution in [1.82, 2.24) is 4.90 Å². The second-order valence-electron chi connectivity index (χ2n) is 17.0. The monoisotopic (exact) mass is 792 g/mol. The first-order valence-corrected chi connectivity index (χ1v) is 20.0. The molecule has 1 saturated carbocycles. The standard InChI is InChI=1S/C41H64N2O13/c1-11-31-41(8,49)36(47)24(4)33(45)22(2)20-40(7,52-10)37(56-39-34(46)30(18-23(3)53-39)42(9)21-27-16-17-27)25(5)35(26(6)38(48)54-31)55-32(44)19-28-14-12-13-15-29(28)43(50)51/h12-15,22-27,30-31,34-37,39,46-47,49H,11,16-21H2,1-10H3/t22-,23-,24+,25+,26-,30+,31-,34-,35+,36-,37-,39+,40-,41-/m1/s1. The minimum absolute atomic E-state index is 0.0207. The molecule has 56 heavy (non-hydrogen) atoms. The van der Waals surface area contributed by atoms with Crippen LogP contribution in [-0.4, -0.2) is 124 Å². The van der Waals surface area contributed by atoms with Crippen LogP contribution in [0.1, 0.15) is 93.1 Å². The fourth-order valence-corrected chi connectivity index (χ4v) is 8.74. The Kier molecular flexibility index (Phi) is 15.2. The zero-order chi connectivity index (χ0) is 41.9. The summed E-state index contributed by atoms with van der Waals surface area (Å²) < 4.78 is 31.3. The highest BCUT2D eigenvalue weighted by Gasteiger charge is 2.53. The second-order valence-corrected chi connectivity index (χ2v) is 17.0. The summed E-state index contributed by atoms with van der Waals surface area (Å²) >= 11 is 0. The number of para-hydroxylation sites is 1. The number of hydrogen-bond acceptors (Lipinski definition) is 14. The van der Waals surface area contributed by atoms with E-state index in [1.165, 1.54) is 46.1 Å². The fraction of sp³-hybridized carbons (Fsp3) is 0.780. The van der Waals surface area contributed by atoms with Gasteiger partial charge in [0.05, 0.1) is 41.2 Å². The molecule has 0 spiro atoms. The summed E-state index contributed by atoms with van der Waals surface area (Å²) in [5, 5.41) is 46.7. The highest BCUT2D eigenvalue weighted by Crippen LogP contribution is 2.40. The Morgan fingerprint density at radius 1 is 1.07 bits per heavy atom. The molecule has 3 fully saturated rings. The maximum Gasteiger partial charge on any atom is 0.312 e. The summed E-state index contributed by atoms with van der Waals surface area (Å²) in [4.78, 5) is 55.2. The molecule has 2 aliphatic heterocycles. The molecule has 2 heterocycles. The van der Waals surface area contributed by atoms with Gasteiger partial charge in [-0.1, -0.05) is 45.9 Å². The first-order chi connectivity index (χ1) is 26.2. The number of carbonyl (C=O) groups is 3. The number of likely N-dealkylation sites (N-methyl/N-ethyl adjacent to an activating group) is 1. The lowest BCUT2D eigenvalue weighted by molar-refractivity contribution is -0.385. The van der Waals surface area contributed by atoms with Crippen LogP contribution < -0.4 is 0 Å². The van der Waals surface area contributed by atoms with Gasteiger partial charge in [-0.05, 0) is 72.8 Å². The van der Waals surface area contributed by atoms with E-state index < -0.39 is 95.0 Å². The van der Waals surface area contributed by atoms with Gasteiger partial charge in [-0.2, -0.15) is 0 Å². The van der Waals surface area contributed by atoms with Crippen molar-refractivity contribution in [3.63, 3.8) is 0 Å². The number of nitro benzene ring substituents is 1. The van der Waals surface area contributed by atoms with Gasteiger partial charge in [0.2, 0.25) is 0 Å². The highest BCUT2D eigenvalue weighted by atomic mass is 16.7. The second kappa shape index (κ2) is 18.7. The number of aliphatic hydroxyl groups excluding tert-OH is 2. The van der Waals surface area contributed by atoms with E-state index in [9.17, 15) is 39.8 Å². The van der Waals surface area contributed by atoms with Crippen molar-refractivity contribution >= 4 is 23.4 Å². The maximum absolute atomic E-state index is 14.1. The van der Waals surface area contributed by atoms with Crippen molar-refractivity contribution in [3.8, 4) is 0 Å². The zero-order valence-electron chi connectivity index (χ0n) is 34.6. The van der Waals surface area contributed by atoms with Gasteiger partial charge in [0.1, 0.15) is 29.7 Å². The van der Waals surface area contributed by atoms with Crippen molar-refractivity contribution in [2.45, 2.75) is 154 Å². The van der Waals surface area contributed by atoms with Crippen LogP contribution in [0.25, 0.3) is 0 Å². The number of aliphatic hydroxyl groups is 3. The fourth-order valence-electron chi connectivity index (χ4n) is 8.74. The van der Waals surface area contributed by atoms with Gasteiger partial charge in [0.15, 0.2) is 6.29 Å². The number of nitrogens with zero attached hydrogens (tertiary/aromatic N) is 2. The summed E-state index contributed by atoms with van der Waals surface area (Å²) in [7, 11) is 3.41. The number of ether oxygens (including phenoxy) is 5. The summed E-state index contributed by atoms with van der Waals surface area (Å²) in [6.07, 6.45) is -5.53. The molecule has 0 amide bonds. The van der Waals surface area contributed by atoms with Gasteiger partial charge >= 0.3 is 11.9 Å². The number of esters is 2. The number of Topliss-reactive ketones (excluding diaryl/α,β-unsaturated/α-hetero) is 1. The van der Waals surface area contributed by atoms with E-state index in [0.29, 0.717) is 12.3 Å². The molecular formula is C41H64N2O13. The Labute approximate surface area is 330 Å². The van der Waals surface area contributed by atoms with E-state index >= 15 is 0 Å². The molecule has 15 nitrogen and oxygen atoms in total. The molecule has 14 atom stereocenters. The molecule has 2 saturated heterocycles. The zero-order valence-corrected chi connectivity index (χ0v) is 34.6. The third-order valence-electron chi connectivity index (χ3n) is 12.4. The molecule has 0 bridgehead atoms. The lowest BCUT2D eigenvalue weighted by atomic mass is 9.74. The lowest BCUT2D eigenvalue weighted by Crippen LogP contribution is -2.61. The molecular weight excluding hydrogens is 728 g/mol. The largest absolute Gasteiger partial charge is 0.461 e. The Bertz CT molecular complexity index is 1540. The van der Waals surface area contributed by atoms with E-state index in [4.69, 9.17) is 23.7 Å².